The number of fused-ring (bicyclic) bond motifs is 5. The monoisotopic (exact) mass is 697 g/mol. The first-order valence-electron chi connectivity index (χ1n) is 16.8. The van der Waals surface area contributed by atoms with Gasteiger partial charge in [0.05, 0.1) is 29.0 Å². The number of hydrogen-bond acceptors (Lipinski definition) is 10. The van der Waals surface area contributed by atoms with Crippen molar-refractivity contribution in [2.75, 3.05) is 11.9 Å². The summed E-state index contributed by atoms with van der Waals surface area (Å²) in [5.41, 5.74) is 7.86. The summed E-state index contributed by atoms with van der Waals surface area (Å²) in [6, 6.07) is 12.7. The fourth-order valence-corrected chi connectivity index (χ4v) is 6.73. The number of nitrogens with one attached hydrogen (secondary N) is 2. The Kier molecular flexibility index (Phi) is 9.68. The molecule has 4 aromatic rings. The summed E-state index contributed by atoms with van der Waals surface area (Å²) in [4.78, 5) is 68.7. The van der Waals surface area contributed by atoms with Gasteiger partial charge in [0.15, 0.2) is 0 Å². The molecule has 2 aliphatic rings. The lowest BCUT2D eigenvalue weighted by Crippen LogP contribution is -2.47. The number of ether oxygens (including phenoxy) is 3. The molecule has 14 nitrogen and oxygen atoms in total. The number of rotatable bonds is 11. The van der Waals surface area contributed by atoms with E-state index in [2.05, 4.69) is 10.6 Å². The zero-order valence-electron chi connectivity index (χ0n) is 28.5. The summed E-state index contributed by atoms with van der Waals surface area (Å²) in [7, 11) is 0. The number of aryl methyl sites for hydroxylation is 1. The van der Waals surface area contributed by atoms with Gasteiger partial charge < -0.3 is 40.3 Å². The van der Waals surface area contributed by atoms with Gasteiger partial charge in [-0.2, -0.15) is 0 Å². The molecule has 6 rings (SSSR count). The van der Waals surface area contributed by atoms with Crippen molar-refractivity contribution >= 4 is 40.7 Å². The number of hydrogen-bond donors (Lipinski definition) is 4. The molecule has 0 spiro atoms. The van der Waals surface area contributed by atoms with Crippen LogP contribution in [-0.2, 0) is 55.6 Å². The maximum absolute atomic E-state index is 13.9. The van der Waals surface area contributed by atoms with Crippen molar-refractivity contribution in [2.45, 2.75) is 71.8 Å². The van der Waals surface area contributed by atoms with E-state index in [0.717, 1.165) is 16.5 Å². The number of benzene rings is 2. The number of aromatic hydroxyl groups is 1. The van der Waals surface area contributed by atoms with Gasteiger partial charge in [0, 0.05) is 34.7 Å². The molecule has 0 saturated heterocycles. The van der Waals surface area contributed by atoms with Gasteiger partial charge in [-0.25, -0.2) is 19.4 Å². The molecule has 2 atom stereocenters. The molecule has 266 valence electrons. The molecule has 3 amide bonds. The van der Waals surface area contributed by atoms with Crippen LogP contribution in [-0.4, -0.2) is 45.3 Å². The summed E-state index contributed by atoms with van der Waals surface area (Å²) in [5.74, 6) is -1.18. The first kappa shape index (κ1) is 34.9. The van der Waals surface area contributed by atoms with Gasteiger partial charge in [-0.05, 0) is 73.2 Å². The molecule has 0 radical (unpaired) electrons. The van der Waals surface area contributed by atoms with Crippen molar-refractivity contribution in [1.82, 2.24) is 14.9 Å². The van der Waals surface area contributed by atoms with Crippen molar-refractivity contribution in [2.24, 2.45) is 11.7 Å². The number of urea groups is 1. The molecular formula is C37H39N5O9. The highest BCUT2D eigenvalue weighted by atomic mass is 16.7. The van der Waals surface area contributed by atoms with E-state index in [4.69, 9.17) is 24.9 Å². The second kappa shape index (κ2) is 14.1. The molecule has 2 aromatic heterocycles. The Balaban J connectivity index is 1.18. The lowest BCUT2D eigenvalue weighted by molar-refractivity contribution is -0.175. The van der Waals surface area contributed by atoms with E-state index in [9.17, 15) is 29.1 Å². The maximum atomic E-state index is 13.9. The Morgan fingerprint density at radius 3 is 2.57 bits per heavy atom. The van der Waals surface area contributed by atoms with Crippen LogP contribution in [0.3, 0.4) is 0 Å². The fraction of sp³-hybridized carbons (Fsp3) is 0.351. The van der Waals surface area contributed by atoms with Crippen LogP contribution in [0.15, 0.2) is 53.3 Å². The van der Waals surface area contributed by atoms with Crippen molar-refractivity contribution in [3.63, 3.8) is 0 Å². The van der Waals surface area contributed by atoms with Crippen LogP contribution >= 0.6 is 0 Å². The summed E-state index contributed by atoms with van der Waals surface area (Å²) in [5, 5.41) is 16.3. The van der Waals surface area contributed by atoms with Crippen LogP contribution in [0.25, 0.3) is 22.3 Å². The van der Waals surface area contributed by atoms with E-state index in [1.807, 2.05) is 6.92 Å². The number of nitrogens with two attached hydrogens (primary N) is 1. The Labute approximate surface area is 292 Å². The molecule has 5 N–H and O–H groups in total. The van der Waals surface area contributed by atoms with E-state index < -0.39 is 23.8 Å². The van der Waals surface area contributed by atoms with E-state index in [1.54, 1.807) is 66.9 Å². The lowest BCUT2D eigenvalue weighted by Gasteiger charge is -2.35. The number of esters is 1. The average Bonchev–Trinajstić information content (AvgIpc) is 3.48. The highest BCUT2D eigenvalue weighted by Crippen LogP contribution is 2.42. The number of pyridine rings is 2. The Hall–Kier alpha value is -5.92. The van der Waals surface area contributed by atoms with Gasteiger partial charge in [0.2, 0.25) is 11.5 Å². The van der Waals surface area contributed by atoms with Crippen LogP contribution in [0.5, 0.6) is 5.75 Å². The lowest BCUT2D eigenvalue weighted by atomic mass is 9.85. The summed E-state index contributed by atoms with van der Waals surface area (Å²) >= 11 is 0. The molecule has 0 unspecified atom stereocenters. The molecule has 0 saturated carbocycles. The van der Waals surface area contributed by atoms with Crippen LogP contribution in [0.2, 0.25) is 0 Å². The van der Waals surface area contributed by atoms with Gasteiger partial charge in [0.1, 0.15) is 19.0 Å². The first-order valence-corrected chi connectivity index (χ1v) is 16.8. The SMILES string of the molecule is CCc1c2c(nc3ccc(O)cc13)-c1cc3c(c(=O)n1C2)COC(=O)[C@@]3(CC)OC(=O)OCc1ccc(NC(=O)[C@@H](C)CCCNC(N)=O)cc1. The van der Waals surface area contributed by atoms with Gasteiger partial charge in [-0.1, -0.05) is 32.9 Å². The molecule has 0 bridgehead atoms. The van der Waals surface area contributed by atoms with E-state index >= 15 is 0 Å². The summed E-state index contributed by atoms with van der Waals surface area (Å²) in [6.45, 7) is 5.61. The predicted octanol–water partition coefficient (Wildman–Crippen LogP) is 4.73. The Bertz CT molecular complexity index is 2110. The minimum absolute atomic E-state index is 0.0250. The third kappa shape index (κ3) is 6.68. The molecule has 14 heteroatoms. The Morgan fingerprint density at radius 1 is 1.10 bits per heavy atom. The summed E-state index contributed by atoms with van der Waals surface area (Å²) < 4.78 is 18.2. The van der Waals surface area contributed by atoms with E-state index in [0.29, 0.717) is 54.0 Å². The van der Waals surface area contributed by atoms with Gasteiger partial charge in [-0.3, -0.25) is 9.59 Å². The minimum atomic E-state index is -1.93. The van der Waals surface area contributed by atoms with Crippen LogP contribution in [0.4, 0.5) is 15.3 Å². The maximum Gasteiger partial charge on any atom is 0.510 e. The number of primary amides is 1. The number of aromatic nitrogens is 2. The zero-order chi connectivity index (χ0) is 36.4. The van der Waals surface area contributed by atoms with Crippen molar-refractivity contribution in [1.29, 1.82) is 0 Å². The number of phenolic OH excluding ortho intramolecular Hbond substituents is 1. The number of carbonyl (C=O) groups excluding carboxylic acids is 4. The average molecular weight is 698 g/mol. The largest absolute Gasteiger partial charge is 0.510 e. The third-order valence-electron chi connectivity index (χ3n) is 9.51. The third-order valence-corrected chi connectivity index (χ3v) is 9.51. The topological polar surface area (TPSA) is 201 Å². The quantitative estimate of drug-likeness (QED) is 0.110. The molecule has 0 fully saturated rings. The fourth-order valence-electron chi connectivity index (χ4n) is 6.73. The highest BCUT2D eigenvalue weighted by molar-refractivity contribution is 5.92. The Morgan fingerprint density at radius 2 is 1.86 bits per heavy atom. The van der Waals surface area contributed by atoms with Gasteiger partial charge >= 0.3 is 18.2 Å². The molecule has 4 heterocycles. The van der Waals surface area contributed by atoms with E-state index in [-0.39, 0.29) is 60.4 Å². The number of cyclic esters (lactones) is 1. The van der Waals surface area contributed by atoms with Crippen molar-refractivity contribution in [3.8, 4) is 17.1 Å². The number of nitrogens with zero attached hydrogens (tertiary/aromatic N) is 2. The molecule has 2 aromatic carbocycles. The molecule has 51 heavy (non-hydrogen) atoms. The standard InChI is InChI=1S/C37H39N5O9/c1-4-24-25-15-23(43)12-13-29(25)41-31-26(24)17-42-30(31)16-28-27(33(42)45)19-49-34(46)37(28,5-2)51-36(48)50-18-21-8-10-22(11-9-21)40-32(44)20(3)7-6-14-39-35(38)47/h8-13,15-16,20,43H,4-7,14,17-19H2,1-3H3,(H,40,44)(H3,38,39,47)/t20-,37-/m0/s1. The number of amides is 3. The minimum Gasteiger partial charge on any atom is -0.508 e. The predicted molar refractivity (Wildman–Crippen MR) is 186 cm³/mol. The van der Waals surface area contributed by atoms with Gasteiger partial charge in [-0.15, -0.1) is 0 Å². The second-order valence-electron chi connectivity index (χ2n) is 12.7. The first-order chi connectivity index (χ1) is 24.4. The van der Waals surface area contributed by atoms with Gasteiger partial charge in [0.25, 0.3) is 5.56 Å². The highest BCUT2D eigenvalue weighted by Gasteiger charge is 2.51. The second-order valence-corrected chi connectivity index (χ2v) is 12.7. The number of carbonyl (C=O) groups is 4. The molecule has 0 aliphatic carbocycles. The molecule has 2 aliphatic heterocycles. The van der Waals surface area contributed by atoms with Crippen LogP contribution in [0.1, 0.15) is 67.9 Å². The summed E-state index contributed by atoms with van der Waals surface area (Å²) in [6.07, 6.45) is 0.640. The number of phenols is 1. The normalized spacial score (nSPS) is 16.3. The number of anilines is 1. The van der Waals surface area contributed by atoms with Crippen LogP contribution < -0.4 is 21.9 Å². The zero-order valence-corrected chi connectivity index (χ0v) is 28.5. The molecular weight excluding hydrogens is 658 g/mol. The smallest absolute Gasteiger partial charge is 0.508 e. The van der Waals surface area contributed by atoms with Crippen molar-refractivity contribution < 1.29 is 38.5 Å². The van der Waals surface area contributed by atoms with Crippen molar-refractivity contribution in [3.05, 3.63) is 86.7 Å². The van der Waals surface area contributed by atoms with E-state index in [1.165, 1.54) is 0 Å². The van der Waals surface area contributed by atoms with Crippen LogP contribution in [0, 0.1) is 5.92 Å².